The van der Waals surface area contributed by atoms with Crippen molar-refractivity contribution in [1.29, 1.82) is 0 Å². The number of nitrogens with one attached hydrogen (secondary N) is 1. The normalized spacial score (nSPS) is 16.3. The number of hydrogen-bond donors (Lipinski definition) is 1. The maximum absolute atomic E-state index is 11.7. The monoisotopic (exact) mass is 301 g/mol. The number of ether oxygens (including phenoxy) is 1. The lowest BCUT2D eigenvalue weighted by Crippen LogP contribution is -2.21. The van der Waals surface area contributed by atoms with Crippen LogP contribution in [0.3, 0.4) is 0 Å². The van der Waals surface area contributed by atoms with E-state index < -0.39 is 5.91 Å². The molecular weight excluding hydrogens is 282 g/mol. The van der Waals surface area contributed by atoms with E-state index >= 15 is 0 Å². The number of ketones is 1. The molecule has 1 aliphatic carbocycles. The Kier molecular flexibility index (Phi) is 5.47. The third kappa shape index (κ3) is 4.84. The Bertz CT molecular complexity index is 606. The summed E-state index contributed by atoms with van der Waals surface area (Å²) >= 11 is 0. The van der Waals surface area contributed by atoms with Crippen molar-refractivity contribution in [2.75, 3.05) is 11.9 Å². The summed E-state index contributed by atoms with van der Waals surface area (Å²) < 4.78 is 4.96. The maximum atomic E-state index is 11.7. The van der Waals surface area contributed by atoms with Crippen LogP contribution in [-0.4, -0.2) is 24.3 Å². The van der Waals surface area contributed by atoms with Gasteiger partial charge in [-0.3, -0.25) is 14.4 Å². The molecule has 2 rings (SSSR count). The highest BCUT2D eigenvalue weighted by atomic mass is 16.5. The number of carbonyl (C=O) groups excluding carboxylic acids is 3. The summed E-state index contributed by atoms with van der Waals surface area (Å²) in [7, 11) is 0. The lowest BCUT2D eigenvalue weighted by Gasteiger charge is -2.09. The minimum atomic E-state index is -0.420. The first kappa shape index (κ1) is 15.9. The Balaban J connectivity index is 1.77. The van der Waals surface area contributed by atoms with Crippen LogP contribution in [0, 0.1) is 5.92 Å². The molecule has 1 aromatic rings. The molecule has 0 saturated carbocycles. The summed E-state index contributed by atoms with van der Waals surface area (Å²) in [6.07, 6.45) is 6.31. The van der Waals surface area contributed by atoms with E-state index in [0.29, 0.717) is 17.7 Å². The van der Waals surface area contributed by atoms with E-state index in [0.717, 1.165) is 12.8 Å². The number of Topliss-reactive ketones (excluding diaryl/α,β-unsaturated/α-hetero) is 1. The van der Waals surface area contributed by atoms with E-state index in [9.17, 15) is 14.4 Å². The summed E-state index contributed by atoms with van der Waals surface area (Å²) in [5.41, 5.74) is 1.02. The highest BCUT2D eigenvalue weighted by Crippen LogP contribution is 2.20. The smallest absolute Gasteiger partial charge is 0.306 e. The number of rotatable bonds is 6. The third-order valence-electron chi connectivity index (χ3n) is 3.46. The quantitative estimate of drug-likeness (QED) is 0.498. The zero-order chi connectivity index (χ0) is 15.9. The van der Waals surface area contributed by atoms with E-state index in [1.165, 1.54) is 6.92 Å². The highest BCUT2D eigenvalue weighted by Gasteiger charge is 2.16. The third-order valence-corrected chi connectivity index (χ3v) is 3.46. The summed E-state index contributed by atoms with van der Waals surface area (Å²) in [6.45, 7) is 1.14. The van der Waals surface area contributed by atoms with Gasteiger partial charge in [-0.2, -0.15) is 0 Å². The Labute approximate surface area is 129 Å². The van der Waals surface area contributed by atoms with Gasteiger partial charge in [0.25, 0.3) is 5.91 Å². The Morgan fingerprint density at radius 2 is 2.14 bits per heavy atom. The Morgan fingerprint density at radius 1 is 1.32 bits per heavy atom. The van der Waals surface area contributed by atoms with Crippen molar-refractivity contribution in [2.24, 2.45) is 5.92 Å². The van der Waals surface area contributed by atoms with E-state index in [2.05, 4.69) is 5.32 Å². The Morgan fingerprint density at radius 3 is 2.82 bits per heavy atom. The first-order valence-electron chi connectivity index (χ1n) is 7.28. The summed E-state index contributed by atoms with van der Waals surface area (Å²) in [5, 5.41) is 2.60. The summed E-state index contributed by atoms with van der Waals surface area (Å²) in [4.78, 5) is 34.6. The molecule has 1 N–H and O–H groups in total. The van der Waals surface area contributed by atoms with Crippen molar-refractivity contribution in [1.82, 2.24) is 0 Å². The molecule has 116 valence electrons. The average Bonchev–Trinajstić information content (AvgIpc) is 2.98. The lowest BCUT2D eigenvalue weighted by molar-refractivity contribution is -0.147. The fourth-order valence-corrected chi connectivity index (χ4v) is 2.30. The number of carbonyl (C=O) groups is 3. The number of amides is 1. The van der Waals surface area contributed by atoms with Crippen LogP contribution < -0.4 is 5.32 Å². The van der Waals surface area contributed by atoms with E-state index in [1.807, 2.05) is 12.2 Å². The van der Waals surface area contributed by atoms with Crippen molar-refractivity contribution in [3.05, 3.63) is 42.0 Å². The number of esters is 1. The van der Waals surface area contributed by atoms with Crippen molar-refractivity contribution < 1.29 is 19.1 Å². The fourth-order valence-electron chi connectivity index (χ4n) is 2.30. The first-order valence-corrected chi connectivity index (χ1v) is 7.28. The van der Waals surface area contributed by atoms with Crippen LogP contribution in [0.5, 0.6) is 0 Å². The molecule has 1 aliphatic rings. The lowest BCUT2D eigenvalue weighted by atomic mass is 10.1. The van der Waals surface area contributed by atoms with E-state index in [-0.39, 0.29) is 24.3 Å². The second kappa shape index (κ2) is 7.54. The zero-order valence-electron chi connectivity index (χ0n) is 12.5. The molecule has 1 atom stereocenters. The van der Waals surface area contributed by atoms with Crippen LogP contribution in [0.25, 0.3) is 0 Å². The zero-order valence-corrected chi connectivity index (χ0v) is 12.5. The van der Waals surface area contributed by atoms with Gasteiger partial charge in [-0.1, -0.05) is 24.3 Å². The molecule has 0 heterocycles. The van der Waals surface area contributed by atoms with Gasteiger partial charge in [-0.25, -0.2) is 0 Å². The molecule has 0 spiro atoms. The summed E-state index contributed by atoms with van der Waals surface area (Å²) in [5.74, 6) is -0.643. The molecule has 0 bridgehead atoms. The van der Waals surface area contributed by atoms with Crippen LogP contribution in [0.15, 0.2) is 36.4 Å². The molecule has 1 amide bonds. The number of hydrogen-bond acceptors (Lipinski definition) is 4. The highest BCUT2D eigenvalue weighted by molar-refractivity contribution is 5.97. The van der Waals surface area contributed by atoms with E-state index in [4.69, 9.17) is 4.74 Å². The van der Waals surface area contributed by atoms with Crippen LogP contribution >= 0.6 is 0 Å². The first-order chi connectivity index (χ1) is 10.5. The van der Waals surface area contributed by atoms with Crippen LogP contribution in [-0.2, 0) is 14.3 Å². The minimum Gasteiger partial charge on any atom is -0.456 e. The van der Waals surface area contributed by atoms with Gasteiger partial charge in [-0.15, -0.1) is 0 Å². The van der Waals surface area contributed by atoms with Crippen molar-refractivity contribution in [2.45, 2.75) is 26.2 Å². The van der Waals surface area contributed by atoms with Crippen LogP contribution in [0.2, 0.25) is 0 Å². The molecule has 0 aromatic heterocycles. The summed E-state index contributed by atoms with van der Waals surface area (Å²) in [6, 6.07) is 6.62. The second-order valence-electron chi connectivity index (χ2n) is 5.32. The number of allylic oxidation sites excluding steroid dienone is 2. The molecule has 0 unspecified atom stereocenters. The minimum absolute atomic E-state index is 0.0767. The standard InChI is InChI=1S/C17H19NO4/c1-12(19)14-7-4-8-15(10-14)18-16(20)11-22-17(21)9-13-5-2-3-6-13/h2,4-5,7-8,10,13H,3,6,9,11H2,1H3,(H,18,20)/t13-/m0/s1. The predicted molar refractivity (Wildman–Crippen MR) is 82.5 cm³/mol. The van der Waals surface area contributed by atoms with Crippen molar-refractivity contribution in [3.63, 3.8) is 0 Å². The molecule has 0 fully saturated rings. The van der Waals surface area contributed by atoms with Gasteiger partial charge < -0.3 is 10.1 Å². The van der Waals surface area contributed by atoms with Gasteiger partial charge in [0, 0.05) is 11.3 Å². The van der Waals surface area contributed by atoms with Gasteiger partial charge in [0.15, 0.2) is 12.4 Å². The fraction of sp³-hybridized carbons (Fsp3) is 0.353. The van der Waals surface area contributed by atoms with Gasteiger partial charge in [-0.05, 0) is 37.8 Å². The molecule has 0 saturated heterocycles. The molecule has 0 radical (unpaired) electrons. The van der Waals surface area contributed by atoms with Crippen LogP contribution in [0.1, 0.15) is 36.5 Å². The molecular formula is C17H19NO4. The Hall–Kier alpha value is -2.43. The van der Waals surface area contributed by atoms with Crippen LogP contribution in [0.4, 0.5) is 5.69 Å². The van der Waals surface area contributed by atoms with Crippen molar-refractivity contribution in [3.8, 4) is 0 Å². The second-order valence-corrected chi connectivity index (χ2v) is 5.32. The van der Waals surface area contributed by atoms with Crippen molar-refractivity contribution >= 4 is 23.3 Å². The molecule has 5 heteroatoms. The molecule has 0 aliphatic heterocycles. The topological polar surface area (TPSA) is 72.5 Å². The SMILES string of the molecule is CC(=O)c1cccc(NC(=O)COC(=O)C[C@H]2C=CCC2)c1. The van der Waals surface area contributed by atoms with Gasteiger partial charge in [0.2, 0.25) is 0 Å². The van der Waals surface area contributed by atoms with Gasteiger partial charge in [0.05, 0.1) is 6.42 Å². The average molecular weight is 301 g/mol. The predicted octanol–water partition coefficient (Wildman–Crippen LogP) is 2.73. The largest absolute Gasteiger partial charge is 0.456 e. The maximum Gasteiger partial charge on any atom is 0.306 e. The van der Waals surface area contributed by atoms with E-state index in [1.54, 1.807) is 24.3 Å². The van der Waals surface area contributed by atoms with Gasteiger partial charge >= 0.3 is 5.97 Å². The molecule has 22 heavy (non-hydrogen) atoms. The number of anilines is 1. The molecule has 5 nitrogen and oxygen atoms in total. The number of benzene rings is 1. The van der Waals surface area contributed by atoms with Gasteiger partial charge in [0.1, 0.15) is 0 Å². The molecule has 1 aromatic carbocycles.